The van der Waals surface area contributed by atoms with Crippen molar-refractivity contribution in [2.45, 2.75) is 31.9 Å². The van der Waals surface area contributed by atoms with Gasteiger partial charge in [0.1, 0.15) is 12.3 Å². The first-order valence-electron chi connectivity index (χ1n) is 7.65. The summed E-state index contributed by atoms with van der Waals surface area (Å²) in [6.45, 7) is 2.13. The standard InChI is InChI=1S/C16H21N3O3.ClH/c1-10-16(21)19(13-4-2-3-5-14(13)22-10)9-15(20)18-8-12(17)11-6-7-11;/h2-5,10-12H,6-9,17H2,1H3,(H,18,20);1H. The molecule has 126 valence electrons. The minimum absolute atomic E-state index is 0. The molecule has 1 aliphatic heterocycles. The van der Waals surface area contributed by atoms with Crippen molar-refractivity contribution in [3.05, 3.63) is 24.3 Å². The van der Waals surface area contributed by atoms with E-state index in [1.165, 1.54) is 4.90 Å². The molecule has 2 unspecified atom stereocenters. The summed E-state index contributed by atoms with van der Waals surface area (Å²) in [5.41, 5.74) is 6.60. The molecule has 1 fully saturated rings. The van der Waals surface area contributed by atoms with Gasteiger partial charge in [-0.2, -0.15) is 0 Å². The number of benzene rings is 1. The molecule has 0 spiro atoms. The number of fused-ring (bicyclic) bond motifs is 1. The Hall–Kier alpha value is -1.79. The molecule has 1 aliphatic carbocycles. The third kappa shape index (κ3) is 3.95. The maximum Gasteiger partial charge on any atom is 0.268 e. The fourth-order valence-electron chi connectivity index (χ4n) is 2.64. The van der Waals surface area contributed by atoms with Crippen LogP contribution in [0.2, 0.25) is 0 Å². The summed E-state index contributed by atoms with van der Waals surface area (Å²) in [5.74, 6) is 0.747. The van der Waals surface area contributed by atoms with Crippen LogP contribution in [-0.4, -0.2) is 37.0 Å². The van der Waals surface area contributed by atoms with Gasteiger partial charge >= 0.3 is 0 Å². The van der Waals surface area contributed by atoms with Gasteiger partial charge in [-0.3, -0.25) is 14.5 Å². The van der Waals surface area contributed by atoms with Crippen LogP contribution in [-0.2, 0) is 9.59 Å². The molecule has 2 amide bonds. The Kier molecular flexibility index (Phi) is 5.49. The number of rotatable bonds is 5. The van der Waals surface area contributed by atoms with Crippen molar-refractivity contribution in [1.82, 2.24) is 5.32 Å². The highest BCUT2D eigenvalue weighted by molar-refractivity contribution is 6.03. The molecule has 0 aromatic heterocycles. The monoisotopic (exact) mass is 339 g/mol. The van der Waals surface area contributed by atoms with Crippen molar-refractivity contribution in [2.24, 2.45) is 11.7 Å². The van der Waals surface area contributed by atoms with Crippen molar-refractivity contribution >= 4 is 29.9 Å². The predicted octanol–water partition coefficient (Wildman–Crippen LogP) is 1.08. The number of carbonyl (C=O) groups is 2. The number of amides is 2. The number of anilines is 1. The van der Waals surface area contributed by atoms with Crippen LogP contribution in [0.15, 0.2) is 24.3 Å². The molecule has 2 atom stereocenters. The molecule has 3 rings (SSSR count). The van der Waals surface area contributed by atoms with E-state index in [2.05, 4.69) is 5.32 Å². The van der Waals surface area contributed by atoms with Gasteiger partial charge in [0.2, 0.25) is 5.91 Å². The molecule has 1 aromatic carbocycles. The number of nitrogens with two attached hydrogens (primary N) is 1. The molecule has 7 heteroatoms. The van der Waals surface area contributed by atoms with Crippen molar-refractivity contribution in [2.75, 3.05) is 18.0 Å². The van der Waals surface area contributed by atoms with Gasteiger partial charge in [0.25, 0.3) is 5.91 Å². The van der Waals surface area contributed by atoms with Gasteiger partial charge in [-0.15, -0.1) is 12.4 Å². The Morgan fingerprint density at radius 3 is 2.83 bits per heavy atom. The van der Waals surface area contributed by atoms with Crippen LogP contribution in [0.3, 0.4) is 0 Å². The SMILES string of the molecule is CC1Oc2ccccc2N(CC(=O)NCC(N)C2CC2)C1=O.Cl. The minimum atomic E-state index is -0.587. The summed E-state index contributed by atoms with van der Waals surface area (Å²) in [6.07, 6.45) is 1.70. The molecular weight excluding hydrogens is 318 g/mol. The summed E-state index contributed by atoms with van der Waals surface area (Å²) >= 11 is 0. The number of halogens is 1. The zero-order chi connectivity index (χ0) is 15.7. The number of hydrogen-bond acceptors (Lipinski definition) is 4. The lowest BCUT2D eigenvalue weighted by molar-refractivity contribution is -0.128. The zero-order valence-electron chi connectivity index (χ0n) is 13.0. The fraction of sp³-hybridized carbons (Fsp3) is 0.500. The quantitative estimate of drug-likeness (QED) is 0.840. The Morgan fingerprint density at radius 1 is 1.43 bits per heavy atom. The van der Waals surface area contributed by atoms with Crippen molar-refractivity contribution < 1.29 is 14.3 Å². The van der Waals surface area contributed by atoms with Crippen molar-refractivity contribution in [3.8, 4) is 5.75 Å². The smallest absolute Gasteiger partial charge is 0.268 e. The van der Waals surface area contributed by atoms with Crippen LogP contribution in [0.25, 0.3) is 0 Å². The second-order valence-electron chi connectivity index (χ2n) is 5.96. The number of nitrogens with zero attached hydrogens (tertiary/aromatic N) is 1. The third-order valence-electron chi connectivity index (χ3n) is 4.14. The number of ether oxygens (including phenoxy) is 1. The highest BCUT2D eigenvalue weighted by atomic mass is 35.5. The summed E-state index contributed by atoms with van der Waals surface area (Å²) in [4.78, 5) is 25.9. The van der Waals surface area contributed by atoms with E-state index in [0.29, 0.717) is 23.9 Å². The Bertz CT molecular complexity index is 592. The predicted molar refractivity (Wildman–Crippen MR) is 89.8 cm³/mol. The van der Waals surface area contributed by atoms with Crippen LogP contribution in [0.5, 0.6) is 5.75 Å². The number of carbonyl (C=O) groups excluding carboxylic acids is 2. The molecule has 0 saturated heterocycles. The number of hydrogen-bond donors (Lipinski definition) is 2. The summed E-state index contributed by atoms with van der Waals surface area (Å²) in [6, 6.07) is 7.25. The lowest BCUT2D eigenvalue weighted by atomic mass is 10.2. The Morgan fingerprint density at radius 2 is 2.13 bits per heavy atom. The Balaban J connectivity index is 0.00000192. The van der Waals surface area contributed by atoms with E-state index in [4.69, 9.17) is 10.5 Å². The van der Waals surface area contributed by atoms with Crippen LogP contribution in [0.1, 0.15) is 19.8 Å². The summed E-state index contributed by atoms with van der Waals surface area (Å²) in [5, 5.41) is 2.82. The van der Waals surface area contributed by atoms with Crippen molar-refractivity contribution in [1.29, 1.82) is 0 Å². The highest BCUT2D eigenvalue weighted by Crippen LogP contribution is 2.33. The van der Waals surface area contributed by atoms with Gasteiger partial charge in [0.05, 0.1) is 5.69 Å². The van der Waals surface area contributed by atoms with Gasteiger partial charge in [0, 0.05) is 12.6 Å². The average molecular weight is 340 g/mol. The molecule has 6 nitrogen and oxygen atoms in total. The molecule has 0 bridgehead atoms. The molecule has 1 saturated carbocycles. The van der Waals surface area contributed by atoms with E-state index in [0.717, 1.165) is 12.8 Å². The molecule has 0 radical (unpaired) electrons. The van der Waals surface area contributed by atoms with E-state index < -0.39 is 6.10 Å². The average Bonchev–Trinajstić information content (AvgIpc) is 3.34. The normalized spacial score (nSPS) is 20.9. The molecule has 3 N–H and O–H groups in total. The maximum atomic E-state index is 12.3. The van der Waals surface area contributed by atoms with Gasteiger partial charge < -0.3 is 15.8 Å². The van der Waals surface area contributed by atoms with Crippen LogP contribution in [0, 0.1) is 5.92 Å². The summed E-state index contributed by atoms with van der Waals surface area (Å²) in [7, 11) is 0. The van der Waals surface area contributed by atoms with Crippen LogP contribution >= 0.6 is 12.4 Å². The van der Waals surface area contributed by atoms with E-state index in [9.17, 15) is 9.59 Å². The zero-order valence-corrected chi connectivity index (χ0v) is 13.8. The lowest BCUT2D eigenvalue weighted by Gasteiger charge is -2.32. The van der Waals surface area contributed by atoms with E-state index in [1.807, 2.05) is 12.1 Å². The largest absolute Gasteiger partial charge is 0.479 e. The van der Waals surface area contributed by atoms with Crippen LogP contribution in [0.4, 0.5) is 5.69 Å². The molecular formula is C16H22ClN3O3. The molecule has 1 aromatic rings. The molecule has 1 heterocycles. The first-order valence-corrected chi connectivity index (χ1v) is 7.65. The van der Waals surface area contributed by atoms with Crippen LogP contribution < -0.4 is 20.7 Å². The highest BCUT2D eigenvalue weighted by Gasteiger charge is 2.33. The minimum Gasteiger partial charge on any atom is -0.479 e. The van der Waals surface area contributed by atoms with E-state index in [1.54, 1.807) is 19.1 Å². The maximum absolute atomic E-state index is 12.3. The number of nitrogens with one attached hydrogen (secondary N) is 1. The lowest BCUT2D eigenvalue weighted by Crippen LogP contribution is -2.50. The van der Waals surface area contributed by atoms with Gasteiger partial charge in [-0.05, 0) is 37.8 Å². The van der Waals surface area contributed by atoms with Gasteiger partial charge in [-0.25, -0.2) is 0 Å². The molecule has 23 heavy (non-hydrogen) atoms. The molecule has 2 aliphatic rings. The van der Waals surface area contributed by atoms with Gasteiger partial charge in [-0.1, -0.05) is 12.1 Å². The second kappa shape index (κ2) is 7.19. The Labute approximate surface area is 141 Å². The fourth-order valence-corrected chi connectivity index (χ4v) is 2.64. The van der Waals surface area contributed by atoms with E-state index >= 15 is 0 Å². The second-order valence-corrected chi connectivity index (χ2v) is 5.96. The summed E-state index contributed by atoms with van der Waals surface area (Å²) < 4.78 is 5.55. The first-order chi connectivity index (χ1) is 10.6. The number of para-hydroxylation sites is 2. The van der Waals surface area contributed by atoms with Gasteiger partial charge in [0.15, 0.2) is 6.10 Å². The topological polar surface area (TPSA) is 84.7 Å². The van der Waals surface area contributed by atoms with Crippen molar-refractivity contribution in [3.63, 3.8) is 0 Å². The first kappa shape index (κ1) is 17.6. The van der Waals surface area contributed by atoms with E-state index in [-0.39, 0.29) is 36.8 Å². The third-order valence-corrected chi connectivity index (χ3v) is 4.14.